The molecule has 1 unspecified atom stereocenters. The lowest BCUT2D eigenvalue weighted by Gasteiger charge is -2.16. The van der Waals surface area contributed by atoms with E-state index in [4.69, 9.17) is 0 Å². The van der Waals surface area contributed by atoms with Crippen LogP contribution < -0.4 is 14.8 Å². The van der Waals surface area contributed by atoms with Crippen molar-refractivity contribution in [1.82, 2.24) is 30.0 Å². The number of alkyl halides is 8. The van der Waals surface area contributed by atoms with E-state index >= 15 is 0 Å². The summed E-state index contributed by atoms with van der Waals surface area (Å²) in [5, 5.41) is 6.31. The van der Waals surface area contributed by atoms with Crippen LogP contribution in [-0.2, 0) is 6.18 Å². The molecule has 1 atom stereocenters. The molecule has 3 aromatic rings. The second-order valence-corrected chi connectivity index (χ2v) is 7.80. The first-order valence-corrected chi connectivity index (χ1v) is 10.5. The fourth-order valence-corrected chi connectivity index (χ4v) is 3.13. The van der Waals surface area contributed by atoms with Gasteiger partial charge in [0, 0.05) is 5.56 Å². The van der Waals surface area contributed by atoms with E-state index in [0.717, 1.165) is 17.1 Å². The second-order valence-electron chi connectivity index (χ2n) is 7.09. The average Bonchev–Trinajstić information content (AvgIpc) is 3.18. The van der Waals surface area contributed by atoms with Gasteiger partial charge in [-0.1, -0.05) is 0 Å². The summed E-state index contributed by atoms with van der Waals surface area (Å²) in [4.78, 5) is 24.4. The van der Waals surface area contributed by atoms with Gasteiger partial charge in [-0.15, -0.1) is 5.10 Å². The molecule has 0 bridgehead atoms. The van der Waals surface area contributed by atoms with Gasteiger partial charge < -0.3 is 14.8 Å². The molecule has 1 N–H and O–H groups in total. The molecule has 0 aliphatic rings. The molecule has 1 amide bonds. The number of nitrogens with zero attached hydrogens (tertiary/aromatic N) is 5. The molecule has 1 aromatic carbocycles. The van der Waals surface area contributed by atoms with Gasteiger partial charge in [-0.2, -0.15) is 39.8 Å². The summed E-state index contributed by atoms with van der Waals surface area (Å²) in [6, 6.07) is 0.404. The van der Waals surface area contributed by atoms with Crippen LogP contribution in [0.5, 0.6) is 11.5 Å². The van der Waals surface area contributed by atoms with Crippen LogP contribution in [0.25, 0.3) is 5.95 Å². The van der Waals surface area contributed by atoms with Gasteiger partial charge in [-0.3, -0.25) is 4.79 Å². The Kier molecular flexibility index (Phi) is 8.19. The monoisotopic (exact) mass is 604 g/mol. The van der Waals surface area contributed by atoms with Crippen LogP contribution in [0.2, 0.25) is 0 Å². The van der Waals surface area contributed by atoms with Crippen molar-refractivity contribution < 1.29 is 49.4 Å². The Bertz CT molecular complexity index is 1250. The maximum absolute atomic E-state index is 13.2. The van der Waals surface area contributed by atoms with Crippen molar-refractivity contribution >= 4 is 21.8 Å². The third-order valence-electron chi connectivity index (χ3n) is 4.27. The third-order valence-corrected chi connectivity index (χ3v) is 4.60. The lowest BCUT2D eigenvalue weighted by Crippen LogP contribution is -2.29. The summed E-state index contributed by atoms with van der Waals surface area (Å²) in [5.41, 5.74) is -2.03. The highest BCUT2D eigenvalue weighted by molar-refractivity contribution is 9.10. The Labute approximate surface area is 209 Å². The minimum Gasteiger partial charge on any atom is -0.481 e. The predicted molar refractivity (Wildman–Crippen MR) is 110 cm³/mol. The largest absolute Gasteiger partial charge is 0.481 e. The molecule has 9 nitrogen and oxygen atoms in total. The van der Waals surface area contributed by atoms with Crippen LogP contribution in [0.3, 0.4) is 0 Å². The molecule has 0 saturated heterocycles. The zero-order chi connectivity index (χ0) is 27.5. The summed E-state index contributed by atoms with van der Waals surface area (Å²) in [6.07, 6.45) is -7.67. The van der Waals surface area contributed by atoms with Gasteiger partial charge in [0.25, 0.3) is 11.9 Å². The standard InChI is InChI=1S/C19H13BrF8N6O3/c1-8(31-14(35)9-2-10(19(26,27)28)4-11(3-9)37-16(21)22)13-32-15(20)33-34(13)17-29-5-12(6-30-17)36-7-18(23,24)25/h2-6,8,16H,7H2,1H3,(H,31,35). The van der Waals surface area contributed by atoms with Crippen molar-refractivity contribution in [2.45, 2.75) is 31.9 Å². The van der Waals surface area contributed by atoms with Crippen LogP contribution in [-0.4, -0.2) is 50.0 Å². The van der Waals surface area contributed by atoms with E-state index in [1.54, 1.807) is 0 Å². The van der Waals surface area contributed by atoms with Gasteiger partial charge >= 0.3 is 19.0 Å². The zero-order valence-corrected chi connectivity index (χ0v) is 19.7. The summed E-state index contributed by atoms with van der Waals surface area (Å²) in [5.74, 6) is -2.51. The van der Waals surface area contributed by atoms with Crippen molar-refractivity contribution in [1.29, 1.82) is 0 Å². The SMILES string of the molecule is CC(NC(=O)c1cc(OC(F)F)cc(C(F)(F)F)c1)c1nc(Br)nn1-c1ncc(OCC(F)(F)F)cn1. The highest BCUT2D eigenvalue weighted by atomic mass is 79.9. The number of nitrogens with one attached hydrogen (secondary N) is 1. The van der Waals surface area contributed by atoms with Crippen LogP contribution in [0.1, 0.15) is 34.7 Å². The van der Waals surface area contributed by atoms with E-state index < -0.39 is 54.4 Å². The molecule has 0 aliphatic carbocycles. The maximum atomic E-state index is 13.2. The highest BCUT2D eigenvalue weighted by Crippen LogP contribution is 2.33. The molecular formula is C19H13BrF8N6O3. The number of benzene rings is 1. The predicted octanol–water partition coefficient (Wildman–Crippen LogP) is 4.87. The van der Waals surface area contributed by atoms with Gasteiger partial charge in [0.05, 0.1) is 24.0 Å². The van der Waals surface area contributed by atoms with E-state index in [-0.39, 0.29) is 22.3 Å². The first kappa shape index (κ1) is 28.0. The number of ether oxygens (including phenoxy) is 2. The third kappa shape index (κ3) is 7.70. The summed E-state index contributed by atoms with van der Waals surface area (Å²) < 4.78 is 111. The molecular weight excluding hydrogens is 592 g/mol. The van der Waals surface area contributed by atoms with Gasteiger partial charge in [0.2, 0.25) is 4.73 Å². The minimum absolute atomic E-state index is 0.0173. The summed E-state index contributed by atoms with van der Waals surface area (Å²) >= 11 is 3.01. The number of amides is 1. The number of rotatable bonds is 8. The second kappa shape index (κ2) is 10.8. The number of hydrogen-bond acceptors (Lipinski definition) is 7. The number of carbonyl (C=O) groups is 1. The zero-order valence-electron chi connectivity index (χ0n) is 18.1. The fourth-order valence-electron chi connectivity index (χ4n) is 2.79. The number of aromatic nitrogens is 5. The van der Waals surface area contributed by atoms with E-state index in [0.29, 0.717) is 18.2 Å². The van der Waals surface area contributed by atoms with Crippen molar-refractivity contribution in [3.63, 3.8) is 0 Å². The lowest BCUT2D eigenvalue weighted by atomic mass is 10.1. The van der Waals surface area contributed by atoms with Crippen molar-refractivity contribution in [2.75, 3.05) is 6.61 Å². The van der Waals surface area contributed by atoms with Crippen molar-refractivity contribution in [3.05, 3.63) is 52.3 Å². The molecule has 18 heteroatoms. The summed E-state index contributed by atoms with van der Waals surface area (Å²) in [6.45, 7) is -3.63. The molecule has 2 aromatic heterocycles. The van der Waals surface area contributed by atoms with Crippen LogP contribution in [0.15, 0.2) is 35.3 Å². The van der Waals surface area contributed by atoms with E-state index in [1.165, 1.54) is 6.92 Å². The maximum Gasteiger partial charge on any atom is 0.422 e. The van der Waals surface area contributed by atoms with Crippen LogP contribution in [0, 0.1) is 0 Å². The molecule has 37 heavy (non-hydrogen) atoms. The topological polar surface area (TPSA) is 104 Å². The molecule has 3 rings (SSSR count). The highest BCUT2D eigenvalue weighted by Gasteiger charge is 2.33. The minimum atomic E-state index is -4.96. The number of carbonyl (C=O) groups excluding carboxylic acids is 1. The van der Waals surface area contributed by atoms with Crippen molar-refractivity contribution in [2.24, 2.45) is 0 Å². The van der Waals surface area contributed by atoms with Crippen LogP contribution >= 0.6 is 15.9 Å². The van der Waals surface area contributed by atoms with Gasteiger partial charge in [-0.05, 0) is 41.1 Å². The average molecular weight is 605 g/mol. The first-order valence-electron chi connectivity index (χ1n) is 9.75. The normalized spacial score (nSPS) is 12.9. The molecule has 0 radical (unpaired) electrons. The molecule has 0 spiro atoms. The Morgan fingerprint density at radius 2 is 1.73 bits per heavy atom. The van der Waals surface area contributed by atoms with Gasteiger partial charge in [-0.25, -0.2) is 15.0 Å². The Morgan fingerprint density at radius 1 is 1.08 bits per heavy atom. The number of halogens is 9. The molecule has 0 aliphatic heterocycles. The van der Waals surface area contributed by atoms with Crippen molar-refractivity contribution in [3.8, 4) is 17.4 Å². The molecule has 0 saturated carbocycles. The Morgan fingerprint density at radius 3 is 2.30 bits per heavy atom. The molecule has 200 valence electrons. The van der Waals surface area contributed by atoms with E-state index in [2.05, 4.69) is 50.8 Å². The van der Waals surface area contributed by atoms with Crippen LogP contribution in [0.4, 0.5) is 35.1 Å². The molecule has 2 heterocycles. The quantitative estimate of drug-likeness (QED) is 0.366. The lowest BCUT2D eigenvalue weighted by molar-refractivity contribution is -0.153. The van der Waals surface area contributed by atoms with E-state index in [9.17, 15) is 39.9 Å². The first-order chi connectivity index (χ1) is 17.1. The van der Waals surface area contributed by atoms with Gasteiger partial charge in [0.15, 0.2) is 18.2 Å². The van der Waals surface area contributed by atoms with Gasteiger partial charge in [0.1, 0.15) is 5.75 Å². The molecule has 0 fully saturated rings. The number of hydrogen-bond donors (Lipinski definition) is 1. The summed E-state index contributed by atoms with van der Waals surface area (Å²) in [7, 11) is 0. The Balaban J connectivity index is 1.83. The smallest absolute Gasteiger partial charge is 0.422 e. The fraction of sp³-hybridized carbons (Fsp3) is 0.316. The van der Waals surface area contributed by atoms with E-state index in [1.807, 2.05) is 0 Å². The Hall–Kier alpha value is -3.57.